The summed E-state index contributed by atoms with van der Waals surface area (Å²) in [6.45, 7) is 6.02. The smallest absolute Gasteiger partial charge is 0.227 e. The van der Waals surface area contributed by atoms with E-state index in [0.29, 0.717) is 0 Å². The van der Waals surface area contributed by atoms with Gasteiger partial charge in [-0.15, -0.1) is 0 Å². The number of allylic oxidation sites excluding steroid dienone is 10. The molecule has 1 heterocycles. The first kappa shape index (κ1) is 23.2. The van der Waals surface area contributed by atoms with Gasteiger partial charge in [0, 0.05) is 17.9 Å². The number of hydrogen-bond acceptors (Lipinski definition) is 3. The fourth-order valence-electron chi connectivity index (χ4n) is 4.76. The lowest BCUT2D eigenvalue weighted by Gasteiger charge is -2.35. The van der Waals surface area contributed by atoms with Gasteiger partial charge in [-0.2, -0.15) is 0 Å². The lowest BCUT2D eigenvalue weighted by molar-refractivity contribution is -0.127. The zero-order chi connectivity index (χ0) is 22.4. The number of hydrogen-bond donors (Lipinski definition) is 3. The molecule has 0 unspecified atom stereocenters. The fraction of sp³-hybridized carbons (Fsp3) is 0.444. The maximum atomic E-state index is 12.9. The molecular formula is C27H35NO3. The van der Waals surface area contributed by atoms with Crippen LogP contribution in [0.4, 0.5) is 0 Å². The number of fused-ring (bicyclic) bond motifs is 2. The van der Waals surface area contributed by atoms with Crippen molar-refractivity contribution in [3.05, 3.63) is 84.1 Å². The summed E-state index contributed by atoms with van der Waals surface area (Å²) >= 11 is 0. The monoisotopic (exact) mass is 421 g/mol. The molecule has 1 saturated heterocycles. The zero-order valence-electron chi connectivity index (χ0n) is 18.7. The maximum absolute atomic E-state index is 12.9. The molecule has 166 valence electrons. The Hall–Kier alpha value is -2.43. The standard InChI is InChI=1S/C27H35NO3/c1-4-5-6-7-10-22-17-20-13-12-18(2)16-21-14-15-24(29)26(30)25(21)19(3)9-8-11-23(20)27(31)28-22/h4-9,11-16,20-26,29-30H,10,17H2,1-3H3,(H,28,31)/b5-4+,7-6+,11-8-,13-12+,18-16-,19-9-/t20-,21-,22+,23-,24+,25+,26+/m0/s1. The number of carbonyl (C=O) groups excluding carboxylic acids is 1. The second-order valence-corrected chi connectivity index (χ2v) is 8.86. The number of piperidine rings is 1. The molecule has 0 bridgehead atoms. The minimum Gasteiger partial charge on any atom is -0.389 e. The van der Waals surface area contributed by atoms with Crippen molar-refractivity contribution in [3.8, 4) is 0 Å². The van der Waals surface area contributed by atoms with E-state index in [0.717, 1.165) is 24.0 Å². The van der Waals surface area contributed by atoms with E-state index in [-0.39, 0.29) is 35.6 Å². The van der Waals surface area contributed by atoms with Crippen LogP contribution in [0.1, 0.15) is 33.6 Å². The second-order valence-electron chi connectivity index (χ2n) is 8.86. The number of carbonyl (C=O) groups is 1. The van der Waals surface area contributed by atoms with Crippen LogP contribution < -0.4 is 5.32 Å². The SMILES string of the molecule is C/C=C/C=C/C[C@@H]1C[C@@H]2/C=C/C(C)=C\[C@@H]3C=C[C@@H](O)[C@@H](O)[C@@H]3/C(C)=C\C=C/[C@@H]2C(=O)N1. The molecule has 0 saturated carbocycles. The van der Waals surface area contributed by atoms with E-state index in [1.165, 1.54) is 0 Å². The van der Waals surface area contributed by atoms with Gasteiger partial charge in [0.25, 0.3) is 0 Å². The van der Waals surface area contributed by atoms with Gasteiger partial charge in [0.15, 0.2) is 0 Å². The third-order valence-corrected chi connectivity index (χ3v) is 6.46. The Morgan fingerprint density at radius 1 is 1.13 bits per heavy atom. The van der Waals surface area contributed by atoms with E-state index in [4.69, 9.17) is 0 Å². The van der Waals surface area contributed by atoms with Crippen molar-refractivity contribution >= 4 is 5.91 Å². The van der Waals surface area contributed by atoms with Gasteiger partial charge in [0.1, 0.15) is 0 Å². The molecule has 0 aromatic rings. The first-order chi connectivity index (χ1) is 14.9. The Labute approximate surface area is 186 Å². The van der Waals surface area contributed by atoms with E-state index in [2.05, 4.69) is 36.5 Å². The van der Waals surface area contributed by atoms with Gasteiger partial charge in [-0.25, -0.2) is 0 Å². The number of aliphatic hydroxyl groups is 2. The summed E-state index contributed by atoms with van der Waals surface area (Å²) in [4.78, 5) is 12.9. The summed E-state index contributed by atoms with van der Waals surface area (Å²) in [5, 5.41) is 23.9. The number of amides is 1. The Bertz CT molecular complexity index is 858. The molecule has 7 atom stereocenters. The van der Waals surface area contributed by atoms with Crippen molar-refractivity contribution in [2.45, 2.75) is 51.9 Å². The van der Waals surface area contributed by atoms with Gasteiger partial charge in [-0.05, 0) is 39.5 Å². The summed E-state index contributed by atoms with van der Waals surface area (Å²) in [5.41, 5.74) is 2.08. The van der Waals surface area contributed by atoms with Gasteiger partial charge in [-0.3, -0.25) is 4.79 Å². The lowest BCUT2D eigenvalue weighted by Crippen LogP contribution is -2.47. The third kappa shape index (κ3) is 5.84. The van der Waals surface area contributed by atoms with Crippen LogP contribution in [0.15, 0.2) is 84.1 Å². The number of rotatable bonds is 3. The van der Waals surface area contributed by atoms with Crippen molar-refractivity contribution in [3.63, 3.8) is 0 Å². The average molecular weight is 422 g/mol. The van der Waals surface area contributed by atoms with Gasteiger partial charge < -0.3 is 15.5 Å². The summed E-state index contributed by atoms with van der Waals surface area (Å²) in [6, 6.07) is 0.130. The van der Waals surface area contributed by atoms with Crippen LogP contribution in [0.5, 0.6) is 0 Å². The van der Waals surface area contributed by atoms with Gasteiger partial charge >= 0.3 is 0 Å². The van der Waals surface area contributed by atoms with Crippen molar-refractivity contribution in [2.24, 2.45) is 23.7 Å². The zero-order valence-corrected chi connectivity index (χ0v) is 18.7. The molecule has 0 radical (unpaired) electrons. The molecule has 1 amide bonds. The van der Waals surface area contributed by atoms with Gasteiger partial charge in [-0.1, -0.05) is 84.1 Å². The van der Waals surface area contributed by atoms with Gasteiger partial charge in [0.2, 0.25) is 5.91 Å². The fourth-order valence-corrected chi connectivity index (χ4v) is 4.76. The number of nitrogens with one attached hydrogen (secondary N) is 1. The van der Waals surface area contributed by atoms with Crippen LogP contribution in [0.2, 0.25) is 0 Å². The van der Waals surface area contributed by atoms with Crippen LogP contribution in [0.3, 0.4) is 0 Å². The Morgan fingerprint density at radius 2 is 1.94 bits per heavy atom. The summed E-state index contributed by atoms with van der Waals surface area (Å²) in [6.07, 6.45) is 24.0. The van der Waals surface area contributed by atoms with Crippen LogP contribution in [-0.4, -0.2) is 34.4 Å². The molecule has 0 spiro atoms. The van der Waals surface area contributed by atoms with Crippen molar-refractivity contribution < 1.29 is 15.0 Å². The Kier molecular flexibility index (Phi) is 8.05. The highest BCUT2D eigenvalue weighted by atomic mass is 16.3. The van der Waals surface area contributed by atoms with Crippen molar-refractivity contribution in [1.29, 1.82) is 0 Å². The minimum atomic E-state index is -0.863. The van der Waals surface area contributed by atoms with Crippen LogP contribution in [0.25, 0.3) is 0 Å². The van der Waals surface area contributed by atoms with Gasteiger partial charge in [0.05, 0.1) is 18.1 Å². The van der Waals surface area contributed by atoms with Crippen molar-refractivity contribution in [2.75, 3.05) is 0 Å². The normalized spacial score (nSPS) is 41.7. The van der Waals surface area contributed by atoms with E-state index < -0.39 is 12.2 Å². The molecule has 0 aromatic heterocycles. The van der Waals surface area contributed by atoms with Crippen molar-refractivity contribution in [1.82, 2.24) is 5.32 Å². The third-order valence-electron chi connectivity index (χ3n) is 6.46. The molecule has 4 heteroatoms. The van der Waals surface area contributed by atoms with E-state index in [1.807, 2.05) is 56.4 Å². The quantitative estimate of drug-likeness (QED) is 0.473. The summed E-state index contributed by atoms with van der Waals surface area (Å²) in [7, 11) is 0. The molecule has 1 aliphatic heterocycles. The summed E-state index contributed by atoms with van der Waals surface area (Å²) in [5.74, 6) is -0.216. The predicted molar refractivity (Wildman–Crippen MR) is 126 cm³/mol. The molecule has 3 aliphatic rings. The molecule has 2 aliphatic carbocycles. The molecule has 3 rings (SSSR count). The molecule has 3 N–H and O–H groups in total. The highest BCUT2D eigenvalue weighted by Gasteiger charge is 2.35. The molecule has 4 nitrogen and oxygen atoms in total. The average Bonchev–Trinajstić information content (AvgIpc) is 2.73. The predicted octanol–water partition coefficient (Wildman–Crippen LogP) is 4.17. The highest BCUT2D eigenvalue weighted by Crippen LogP contribution is 2.34. The maximum Gasteiger partial charge on any atom is 0.227 e. The van der Waals surface area contributed by atoms with E-state index in [9.17, 15) is 15.0 Å². The van der Waals surface area contributed by atoms with E-state index in [1.54, 1.807) is 6.08 Å². The second kappa shape index (κ2) is 10.7. The molecule has 31 heavy (non-hydrogen) atoms. The highest BCUT2D eigenvalue weighted by molar-refractivity contribution is 5.82. The van der Waals surface area contributed by atoms with E-state index >= 15 is 0 Å². The largest absolute Gasteiger partial charge is 0.389 e. The summed E-state index contributed by atoms with van der Waals surface area (Å²) < 4.78 is 0. The first-order valence-electron chi connectivity index (χ1n) is 11.2. The Balaban J connectivity index is 1.88. The first-order valence-corrected chi connectivity index (χ1v) is 11.2. The minimum absolute atomic E-state index is 0.0158. The number of aliphatic hydroxyl groups excluding tert-OH is 2. The molecular weight excluding hydrogens is 386 g/mol. The van der Waals surface area contributed by atoms with Crippen LogP contribution in [-0.2, 0) is 4.79 Å². The van der Waals surface area contributed by atoms with Crippen LogP contribution >= 0.6 is 0 Å². The van der Waals surface area contributed by atoms with Crippen LogP contribution in [0, 0.1) is 23.7 Å². The molecule has 0 aromatic carbocycles. The Morgan fingerprint density at radius 3 is 2.71 bits per heavy atom. The molecule has 1 fully saturated rings. The lowest BCUT2D eigenvalue weighted by atomic mass is 9.75. The topological polar surface area (TPSA) is 69.6 Å².